The number of aromatic nitrogens is 4. The van der Waals surface area contributed by atoms with E-state index in [1.54, 1.807) is 17.4 Å². The molecule has 6 rings (SSSR count). The summed E-state index contributed by atoms with van der Waals surface area (Å²) in [6, 6.07) is 14.3. The van der Waals surface area contributed by atoms with Gasteiger partial charge in [-0.15, -0.1) is 16.4 Å². The molecule has 12 heteroatoms. The molecular formula is C30H27Cl2FN8S. The van der Waals surface area contributed by atoms with Crippen molar-refractivity contribution in [2.75, 3.05) is 30.3 Å². The van der Waals surface area contributed by atoms with Crippen molar-refractivity contribution >= 4 is 62.5 Å². The number of halogens is 3. The summed E-state index contributed by atoms with van der Waals surface area (Å²) >= 11 is 14.4. The van der Waals surface area contributed by atoms with E-state index in [-0.39, 0.29) is 11.1 Å². The molecule has 2 aromatic carbocycles. The lowest BCUT2D eigenvalue weighted by Gasteiger charge is -2.30. The highest BCUT2D eigenvalue weighted by molar-refractivity contribution is 7.10. The molecule has 0 spiro atoms. The summed E-state index contributed by atoms with van der Waals surface area (Å²) in [6.45, 7) is 5.36. The number of pyridine rings is 1. The van der Waals surface area contributed by atoms with Crippen LogP contribution >= 0.6 is 34.5 Å². The van der Waals surface area contributed by atoms with Crippen molar-refractivity contribution in [3.63, 3.8) is 0 Å². The highest BCUT2D eigenvalue weighted by Crippen LogP contribution is 2.38. The molecule has 1 aliphatic rings. The van der Waals surface area contributed by atoms with E-state index in [2.05, 4.69) is 49.9 Å². The molecule has 1 unspecified atom stereocenters. The van der Waals surface area contributed by atoms with Crippen LogP contribution in [-0.4, -0.2) is 44.5 Å². The van der Waals surface area contributed by atoms with Gasteiger partial charge < -0.3 is 15.5 Å². The van der Waals surface area contributed by atoms with Crippen LogP contribution in [0.5, 0.6) is 0 Å². The average molecular weight is 622 g/mol. The van der Waals surface area contributed by atoms with Crippen LogP contribution < -0.4 is 10.6 Å². The van der Waals surface area contributed by atoms with Gasteiger partial charge in [0.1, 0.15) is 23.6 Å². The molecule has 5 aromatic rings. The first-order chi connectivity index (χ1) is 20.4. The van der Waals surface area contributed by atoms with E-state index in [9.17, 15) is 9.65 Å². The number of hydrogen-bond donors (Lipinski definition) is 2. The molecule has 0 radical (unpaired) electrons. The number of nitrogens with one attached hydrogen (secondary N) is 2. The first-order valence-electron chi connectivity index (χ1n) is 13.6. The van der Waals surface area contributed by atoms with Crippen molar-refractivity contribution in [1.29, 1.82) is 5.26 Å². The highest BCUT2D eigenvalue weighted by atomic mass is 35.5. The monoisotopic (exact) mass is 620 g/mol. The van der Waals surface area contributed by atoms with Gasteiger partial charge in [0.15, 0.2) is 0 Å². The summed E-state index contributed by atoms with van der Waals surface area (Å²) < 4.78 is 15.8. The van der Waals surface area contributed by atoms with Gasteiger partial charge in [-0.05, 0) is 61.2 Å². The standard InChI is InChI=1S/C30H27Cl2FN8S/c1-2-40-9-7-21(8-10-40)41-17-26(38-39-41)30(27-4-3-11-42-27)37-20-12-22-28(36-19-5-6-25(33)23(31)13-19)18(15-34)16-35-29(22)24(32)14-20/h3-6,11-14,16-17,21,30,37H,2,7-10H2,1H3,(H,35,36). The maximum Gasteiger partial charge on any atom is 0.141 e. The first-order valence-corrected chi connectivity index (χ1v) is 15.3. The second-order valence-electron chi connectivity index (χ2n) is 10.1. The van der Waals surface area contributed by atoms with Crippen LogP contribution in [0, 0.1) is 17.1 Å². The predicted octanol–water partition coefficient (Wildman–Crippen LogP) is 7.81. The molecule has 0 aliphatic carbocycles. The van der Waals surface area contributed by atoms with E-state index >= 15 is 0 Å². The second kappa shape index (κ2) is 12.2. The Labute approximate surface area is 256 Å². The SMILES string of the molecule is CCN1CCC(n2cc(C(Nc3cc(Cl)c4ncc(C#N)c(Nc5ccc(F)c(Cl)c5)c4c3)c3cccs3)nn2)CC1. The van der Waals surface area contributed by atoms with Crippen LogP contribution in [0.2, 0.25) is 10.0 Å². The van der Waals surface area contributed by atoms with Crippen molar-refractivity contribution in [3.8, 4) is 6.07 Å². The average Bonchev–Trinajstić information content (AvgIpc) is 3.72. The molecule has 0 saturated carbocycles. The Hall–Kier alpha value is -3.75. The molecule has 4 heterocycles. The molecule has 1 aliphatic heterocycles. The number of hydrogen-bond acceptors (Lipinski definition) is 8. The Balaban J connectivity index is 1.36. The number of benzene rings is 2. The van der Waals surface area contributed by atoms with Crippen LogP contribution in [0.1, 0.15) is 48.0 Å². The Morgan fingerprint density at radius 3 is 2.67 bits per heavy atom. The molecule has 42 heavy (non-hydrogen) atoms. The van der Waals surface area contributed by atoms with Crippen LogP contribution in [0.3, 0.4) is 0 Å². The smallest absolute Gasteiger partial charge is 0.141 e. The highest BCUT2D eigenvalue weighted by Gasteiger charge is 2.25. The third kappa shape index (κ3) is 5.78. The van der Waals surface area contributed by atoms with Gasteiger partial charge >= 0.3 is 0 Å². The minimum Gasteiger partial charge on any atom is -0.372 e. The van der Waals surface area contributed by atoms with E-state index in [1.807, 2.05) is 34.5 Å². The third-order valence-electron chi connectivity index (χ3n) is 7.58. The summed E-state index contributed by atoms with van der Waals surface area (Å²) in [7, 11) is 0. The van der Waals surface area contributed by atoms with Crippen molar-refractivity contribution < 1.29 is 4.39 Å². The Morgan fingerprint density at radius 2 is 1.95 bits per heavy atom. The summed E-state index contributed by atoms with van der Waals surface area (Å²) in [6.07, 6.45) is 5.58. The summed E-state index contributed by atoms with van der Waals surface area (Å²) in [5.41, 5.74) is 3.37. The Kier molecular flexibility index (Phi) is 8.27. The fourth-order valence-corrected chi connectivity index (χ4v) is 6.53. The second-order valence-corrected chi connectivity index (χ2v) is 11.9. The third-order valence-corrected chi connectivity index (χ3v) is 9.09. The molecule has 214 valence electrons. The zero-order chi connectivity index (χ0) is 29.2. The van der Waals surface area contributed by atoms with E-state index in [0.29, 0.717) is 44.6 Å². The molecule has 0 amide bonds. The number of thiophene rings is 1. The number of rotatable bonds is 8. The maximum absolute atomic E-state index is 13.8. The summed E-state index contributed by atoms with van der Waals surface area (Å²) in [5.74, 6) is -0.528. The summed E-state index contributed by atoms with van der Waals surface area (Å²) in [5, 5.41) is 28.8. The van der Waals surface area contributed by atoms with E-state index in [0.717, 1.165) is 43.0 Å². The lowest BCUT2D eigenvalue weighted by Crippen LogP contribution is -2.34. The van der Waals surface area contributed by atoms with Crippen molar-refractivity contribution in [2.24, 2.45) is 0 Å². The number of nitriles is 1. The lowest BCUT2D eigenvalue weighted by atomic mass is 10.1. The molecule has 8 nitrogen and oxygen atoms in total. The molecular weight excluding hydrogens is 594 g/mol. The molecule has 3 aromatic heterocycles. The lowest BCUT2D eigenvalue weighted by molar-refractivity contribution is 0.186. The van der Waals surface area contributed by atoms with Crippen molar-refractivity contribution in [1.82, 2.24) is 24.9 Å². The number of piperidine rings is 1. The van der Waals surface area contributed by atoms with Gasteiger partial charge in [0.2, 0.25) is 0 Å². The van der Waals surface area contributed by atoms with E-state index in [4.69, 9.17) is 23.2 Å². The molecule has 1 saturated heterocycles. The molecule has 0 bridgehead atoms. The van der Waals surface area contributed by atoms with E-state index in [1.165, 1.54) is 18.3 Å². The molecule has 1 fully saturated rings. The van der Waals surface area contributed by atoms with Gasteiger partial charge in [0.25, 0.3) is 0 Å². The van der Waals surface area contributed by atoms with Gasteiger partial charge in [-0.25, -0.2) is 9.07 Å². The van der Waals surface area contributed by atoms with Crippen LogP contribution in [0.15, 0.2) is 60.2 Å². The van der Waals surface area contributed by atoms with Gasteiger partial charge in [0, 0.05) is 40.9 Å². The van der Waals surface area contributed by atoms with Gasteiger partial charge in [-0.1, -0.05) is 41.4 Å². The number of nitrogens with zero attached hydrogens (tertiary/aromatic N) is 6. The maximum atomic E-state index is 13.8. The predicted molar refractivity (Wildman–Crippen MR) is 166 cm³/mol. The summed E-state index contributed by atoms with van der Waals surface area (Å²) in [4.78, 5) is 7.97. The Morgan fingerprint density at radius 1 is 1.14 bits per heavy atom. The molecule has 1 atom stereocenters. The largest absolute Gasteiger partial charge is 0.372 e. The minimum absolute atomic E-state index is 0.0278. The number of likely N-dealkylation sites (tertiary alicyclic amines) is 1. The van der Waals surface area contributed by atoms with Crippen LogP contribution in [0.25, 0.3) is 10.9 Å². The molecule has 2 N–H and O–H groups in total. The van der Waals surface area contributed by atoms with E-state index < -0.39 is 5.82 Å². The fourth-order valence-electron chi connectivity index (χ4n) is 5.29. The quantitative estimate of drug-likeness (QED) is 0.183. The van der Waals surface area contributed by atoms with Crippen LogP contribution in [-0.2, 0) is 0 Å². The van der Waals surface area contributed by atoms with Crippen molar-refractivity contribution in [3.05, 3.63) is 92.2 Å². The van der Waals surface area contributed by atoms with Crippen LogP contribution in [0.4, 0.5) is 21.5 Å². The minimum atomic E-state index is -0.528. The zero-order valence-corrected chi connectivity index (χ0v) is 25.0. The normalized spacial score (nSPS) is 15.0. The Bertz CT molecular complexity index is 1760. The van der Waals surface area contributed by atoms with Gasteiger partial charge in [0.05, 0.1) is 39.1 Å². The van der Waals surface area contributed by atoms with Crippen molar-refractivity contribution in [2.45, 2.75) is 31.8 Å². The topological polar surface area (TPSA) is 94.7 Å². The van der Waals surface area contributed by atoms with Gasteiger partial charge in [-0.2, -0.15) is 5.26 Å². The fraction of sp³-hybridized carbons (Fsp3) is 0.267. The first kappa shape index (κ1) is 28.4. The number of fused-ring (bicyclic) bond motifs is 1. The van der Waals surface area contributed by atoms with Gasteiger partial charge in [-0.3, -0.25) is 4.98 Å². The zero-order valence-electron chi connectivity index (χ0n) is 22.7. The number of anilines is 3.